The van der Waals surface area contributed by atoms with E-state index in [2.05, 4.69) is 15.9 Å². The topological polar surface area (TPSA) is 54.5 Å². The highest BCUT2D eigenvalue weighted by atomic mass is 79.9. The highest BCUT2D eigenvalue weighted by molar-refractivity contribution is 9.10. The van der Waals surface area contributed by atoms with Crippen LogP contribution in [0.3, 0.4) is 0 Å². The van der Waals surface area contributed by atoms with Gasteiger partial charge in [0.15, 0.2) is 0 Å². The first-order chi connectivity index (χ1) is 9.18. The van der Waals surface area contributed by atoms with E-state index in [1.165, 1.54) is 12.1 Å². The number of carbonyl (C=O) groups excluding carboxylic acids is 1. The maximum atomic E-state index is 12.4. The van der Waals surface area contributed by atoms with Crippen LogP contribution in [0.1, 0.15) is 37.6 Å². The fraction of sp³-hybridized carbons (Fsp3) is 0.462. The van der Waals surface area contributed by atoms with Gasteiger partial charge in [-0.15, -0.1) is 0 Å². The van der Waals surface area contributed by atoms with E-state index >= 15 is 0 Å². The molecule has 1 aromatic carbocycles. The van der Waals surface area contributed by atoms with Gasteiger partial charge in [0.2, 0.25) is 0 Å². The third kappa shape index (κ3) is 4.20. The van der Waals surface area contributed by atoms with Gasteiger partial charge in [0.25, 0.3) is 15.0 Å². The number of hydrogen-bond donors (Lipinski definition) is 0. The summed E-state index contributed by atoms with van der Waals surface area (Å²) in [5, 5.41) is 0. The minimum absolute atomic E-state index is 0.0437. The highest BCUT2D eigenvalue weighted by Gasteiger charge is 2.21. The first kappa shape index (κ1) is 17.5. The Balaban J connectivity index is 3.23. The van der Waals surface area contributed by atoms with Crippen LogP contribution in [0, 0.1) is 0 Å². The molecule has 0 radical (unpaired) electrons. The lowest BCUT2D eigenvalue weighted by atomic mass is 10.1. The molecule has 0 heterocycles. The van der Waals surface area contributed by atoms with Crippen molar-refractivity contribution in [2.75, 3.05) is 6.54 Å². The molecule has 0 spiro atoms. The second-order valence-corrected chi connectivity index (χ2v) is 8.06. The maximum absolute atomic E-state index is 12.4. The molecule has 0 aromatic heterocycles. The van der Waals surface area contributed by atoms with Crippen LogP contribution in [0.5, 0.6) is 0 Å². The van der Waals surface area contributed by atoms with E-state index in [4.69, 9.17) is 10.7 Å². The van der Waals surface area contributed by atoms with Crippen LogP contribution in [-0.4, -0.2) is 31.8 Å². The molecular weight excluding hydrogens is 366 g/mol. The molecule has 0 atom stereocenters. The zero-order chi connectivity index (χ0) is 15.5. The van der Waals surface area contributed by atoms with Crippen LogP contribution in [0.4, 0.5) is 0 Å². The summed E-state index contributed by atoms with van der Waals surface area (Å²) in [6.45, 7) is 6.45. The monoisotopic (exact) mass is 381 g/mol. The van der Waals surface area contributed by atoms with Crippen molar-refractivity contribution in [2.45, 2.75) is 38.1 Å². The number of halogens is 2. The predicted molar refractivity (Wildman–Crippen MR) is 83.6 cm³/mol. The fourth-order valence-electron chi connectivity index (χ4n) is 1.82. The normalized spacial score (nSPS) is 11.7. The Morgan fingerprint density at radius 3 is 2.45 bits per heavy atom. The Bertz CT molecular complexity index is 602. The van der Waals surface area contributed by atoms with Gasteiger partial charge in [-0.25, -0.2) is 8.42 Å². The molecule has 1 rings (SSSR count). The second kappa shape index (κ2) is 6.91. The summed E-state index contributed by atoms with van der Waals surface area (Å²) in [4.78, 5) is 14.0. The molecule has 0 bridgehead atoms. The third-order valence-corrected chi connectivity index (χ3v) is 5.11. The molecule has 4 nitrogen and oxygen atoms in total. The van der Waals surface area contributed by atoms with E-state index in [1.54, 1.807) is 11.0 Å². The third-order valence-electron chi connectivity index (χ3n) is 2.79. The molecule has 0 fully saturated rings. The van der Waals surface area contributed by atoms with E-state index < -0.39 is 9.05 Å². The lowest BCUT2D eigenvalue weighted by molar-refractivity contribution is 0.0705. The molecular formula is C13H17BrClNO3S. The Kier molecular flexibility index (Phi) is 6.04. The van der Waals surface area contributed by atoms with Crippen LogP contribution >= 0.6 is 26.6 Å². The second-order valence-electron chi connectivity index (χ2n) is 4.68. The van der Waals surface area contributed by atoms with Crippen LogP contribution in [0.15, 0.2) is 27.6 Å². The van der Waals surface area contributed by atoms with Gasteiger partial charge in [-0.05, 0) is 54.4 Å². The van der Waals surface area contributed by atoms with E-state index in [0.717, 1.165) is 6.42 Å². The Morgan fingerprint density at radius 1 is 1.40 bits per heavy atom. The van der Waals surface area contributed by atoms with Crippen molar-refractivity contribution in [3.05, 3.63) is 28.2 Å². The maximum Gasteiger partial charge on any atom is 0.262 e. The minimum Gasteiger partial charge on any atom is -0.336 e. The van der Waals surface area contributed by atoms with Crippen molar-refractivity contribution in [1.82, 2.24) is 4.90 Å². The molecule has 0 aliphatic rings. The van der Waals surface area contributed by atoms with Gasteiger partial charge >= 0.3 is 0 Å². The number of benzene rings is 1. The number of hydrogen-bond acceptors (Lipinski definition) is 3. The summed E-state index contributed by atoms with van der Waals surface area (Å²) < 4.78 is 23.3. The van der Waals surface area contributed by atoms with Gasteiger partial charge in [0.05, 0.1) is 4.90 Å². The first-order valence-corrected chi connectivity index (χ1v) is 9.34. The van der Waals surface area contributed by atoms with Crippen molar-refractivity contribution in [3.8, 4) is 0 Å². The molecule has 0 saturated carbocycles. The van der Waals surface area contributed by atoms with E-state index in [1.807, 2.05) is 20.8 Å². The standard InChI is InChI=1S/C13H17BrClNO3S/c1-4-7-16(9(2)3)13(17)10-5-6-11(14)12(8-10)20(15,18)19/h5-6,8-9H,4,7H2,1-3H3. The Hall–Kier alpha value is -0.590. The van der Waals surface area contributed by atoms with Crippen molar-refractivity contribution < 1.29 is 13.2 Å². The lowest BCUT2D eigenvalue weighted by Gasteiger charge is -2.26. The van der Waals surface area contributed by atoms with E-state index in [-0.39, 0.29) is 16.8 Å². The van der Waals surface area contributed by atoms with Crippen LogP contribution in [0.2, 0.25) is 0 Å². The van der Waals surface area contributed by atoms with Crippen molar-refractivity contribution in [1.29, 1.82) is 0 Å². The van der Waals surface area contributed by atoms with Gasteiger partial charge in [0.1, 0.15) is 0 Å². The van der Waals surface area contributed by atoms with Crippen LogP contribution < -0.4 is 0 Å². The molecule has 0 aliphatic heterocycles. The molecule has 0 unspecified atom stereocenters. The van der Waals surface area contributed by atoms with Crippen molar-refractivity contribution in [3.63, 3.8) is 0 Å². The molecule has 1 aromatic rings. The van der Waals surface area contributed by atoms with Crippen molar-refractivity contribution >= 4 is 41.6 Å². The molecule has 7 heteroatoms. The lowest BCUT2D eigenvalue weighted by Crippen LogP contribution is -2.37. The SMILES string of the molecule is CCCN(C(=O)c1ccc(Br)c(S(=O)(=O)Cl)c1)C(C)C. The molecule has 20 heavy (non-hydrogen) atoms. The summed E-state index contributed by atoms with van der Waals surface area (Å²) >= 11 is 3.12. The van der Waals surface area contributed by atoms with Gasteiger partial charge < -0.3 is 4.90 Å². The molecule has 0 saturated heterocycles. The number of carbonyl (C=O) groups is 1. The van der Waals surface area contributed by atoms with Crippen LogP contribution in [-0.2, 0) is 9.05 Å². The van der Waals surface area contributed by atoms with Crippen molar-refractivity contribution in [2.24, 2.45) is 0 Å². The van der Waals surface area contributed by atoms with Gasteiger partial charge in [-0.3, -0.25) is 4.79 Å². The zero-order valence-electron chi connectivity index (χ0n) is 11.6. The quantitative estimate of drug-likeness (QED) is 0.731. The zero-order valence-corrected chi connectivity index (χ0v) is 14.7. The first-order valence-electron chi connectivity index (χ1n) is 6.23. The van der Waals surface area contributed by atoms with Gasteiger partial charge in [-0.2, -0.15) is 0 Å². The number of rotatable bonds is 5. The van der Waals surface area contributed by atoms with Gasteiger partial charge in [0, 0.05) is 33.3 Å². The molecule has 112 valence electrons. The van der Waals surface area contributed by atoms with E-state index in [0.29, 0.717) is 16.6 Å². The average molecular weight is 383 g/mol. The highest BCUT2D eigenvalue weighted by Crippen LogP contribution is 2.27. The minimum atomic E-state index is -3.89. The fourth-order valence-corrected chi connectivity index (χ4v) is 3.94. The molecule has 0 N–H and O–H groups in total. The van der Waals surface area contributed by atoms with E-state index in [9.17, 15) is 13.2 Å². The summed E-state index contributed by atoms with van der Waals surface area (Å²) in [6.07, 6.45) is 0.834. The molecule has 1 amide bonds. The van der Waals surface area contributed by atoms with Crippen LogP contribution in [0.25, 0.3) is 0 Å². The average Bonchev–Trinajstić information content (AvgIpc) is 2.34. The van der Waals surface area contributed by atoms with Gasteiger partial charge in [-0.1, -0.05) is 6.92 Å². The summed E-state index contributed by atoms with van der Waals surface area (Å²) in [5.74, 6) is -0.198. The summed E-state index contributed by atoms with van der Waals surface area (Å²) in [6, 6.07) is 4.46. The Morgan fingerprint density at radius 2 is 2.00 bits per heavy atom. The Labute approximate surface area is 132 Å². The predicted octanol–water partition coefficient (Wildman–Crippen LogP) is 3.64. The smallest absolute Gasteiger partial charge is 0.262 e. The summed E-state index contributed by atoms with van der Waals surface area (Å²) in [7, 11) is 1.47. The largest absolute Gasteiger partial charge is 0.336 e. The number of nitrogens with zero attached hydrogens (tertiary/aromatic N) is 1. The number of amides is 1. The molecule has 0 aliphatic carbocycles. The summed E-state index contributed by atoms with van der Waals surface area (Å²) in [5.41, 5.74) is 0.314.